The number of benzene rings is 6. The quantitative estimate of drug-likeness (QED) is 0.181. The van der Waals surface area contributed by atoms with Gasteiger partial charge in [-0.2, -0.15) is 0 Å². The molecule has 4 heteroatoms. The van der Waals surface area contributed by atoms with Crippen LogP contribution in [0.5, 0.6) is 11.5 Å². The average molecular weight is 539 g/mol. The lowest BCUT2D eigenvalue weighted by molar-refractivity contribution is 0.473. The Hall–Kier alpha value is -5.61. The molecule has 0 amide bonds. The van der Waals surface area contributed by atoms with Crippen molar-refractivity contribution in [3.63, 3.8) is 0 Å². The fraction of sp³-hybridized carbons (Fsp3) is 0.0263. The normalized spacial score (nSPS) is 16.9. The maximum Gasteiger partial charge on any atom is 0.263 e. The van der Waals surface area contributed by atoms with Crippen LogP contribution in [0.4, 0.5) is 17.1 Å². The molecule has 0 saturated heterocycles. The van der Waals surface area contributed by atoms with E-state index in [9.17, 15) is 4.79 Å². The molecule has 3 aliphatic heterocycles. The Kier molecular flexibility index (Phi) is 3.98. The Morgan fingerprint density at radius 1 is 0.476 bits per heavy atom. The van der Waals surface area contributed by atoms with Gasteiger partial charge in [0.2, 0.25) is 0 Å². The number of fused-ring (bicyclic) bond motifs is 12. The van der Waals surface area contributed by atoms with Gasteiger partial charge in [0.05, 0.1) is 33.7 Å². The van der Waals surface area contributed by atoms with Crippen LogP contribution in [0, 0.1) is 0 Å². The predicted molar refractivity (Wildman–Crippen MR) is 167 cm³/mol. The molecule has 3 aliphatic rings. The molecule has 1 spiro atoms. The first kappa shape index (κ1) is 22.1. The molecule has 0 N–H and O–H groups in total. The summed E-state index contributed by atoms with van der Waals surface area (Å²) in [5.74, 6) is 1.66. The van der Waals surface area contributed by atoms with Crippen LogP contribution in [0.1, 0.15) is 22.3 Å². The summed E-state index contributed by atoms with van der Waals surface area (Å²) < 4.78 is 8.53. The summed E-state index contributed by atoms with van der Waals surface area (Å²) >= 11 is 0. The van der Waals surface area contributed by atoms with Crippen molar-refractivity contribution < 1.29 is 4.74 Å². The van der Waals surface area contributed by atoms with Gasteiger partial charge in [0.1, 0.15) is 0 Å². The van der Waals surface area contributed by atoms with Gasteiger partial charge in [-0.15, -0.1) is 0 Å². The van der Waals surface area contributed by atoms with Crippen LogP contribution < -0.4 is 15.2 Å². The number of nitrogens with zero attached hydrogens (tertiary/aromatic N) is 2. The Morgan fingerprint density at radius 3 is 1.90 bits per heavy atom. The van der Waals surface area contributed by atoms with Crippen LogP contribution in [-0.4, -0.2) is 4.57 Å². The Balaban J connectivity index is 1.47. The lowest BCUT2D eigenvalue weighted by atomic mass is 9.60. The Bertz CT molecular complexity index is 2390. The number of anilines is 3. The molecular formula is C38H22N2O2. The van der Waals surface area contributed by atoms with Crippen molar-refractivity contribution in [2.24, 2.45) is 0 Å². The largest absolute Gasteiger partial charge is 0.453 e. The van der Waals surface area contributed by atoms with Crippen molar-refractivity contribution in [3.05, 3.63) is 166 Å². The third kappa shape index (κ3) is 2.40. The summed E-state index contributed by atoms with van der Waals surface area (Å²) in [7, 11) is 0. The molecule has 0 fully saturated rings. The molecule has 196 valence electrons. The molecule has 7 aromatic rings. The molecule has 1 unspecified atom stereocenters. The van der Waals surface area contributed by atoms with E-state index in [1.807, 2.05) is 41.0 Å². The maximum absolute atomic E-state index is 14.3. The van der Waals surface area contributed by atoms with Crippen LogP contribution in [0.2, 0.25) is 0 Å². The van der Waals surface area contributed by atoms with Crippen LogP contribution >= 0.6 is 0 Å². The van der Waals surface area contributed by atoms with Crippen molar-refractivity contribution >= 4 is 38.7 Å². The van der Waals surface area contributed by atoms with E-state index < -0.39 is 5.41 Å². The highest BCUT2D eigenvalue weighted by atomic mass is 16.5. The minimum absolute atomic E-state index is 0.00548. The maximum atomic E-state index is 14.3. The highest BCUT2D eigenvalue weighted by molar-refractivity contribution is 6.09. The van der Waals surface area contributed by atoms with E-state index in [-0.39, 0.29) is 5.56 Å². The molecule has 42 heavy (non-hydrogen) atoms. The van der Waals surface area contributed by atoms with Crippen LogP contribution in [0.3, 0.4) is 0 Å². The van der Waals surface area contributed by atoms with Crippen molar-refractivity contribution in [1.82, 2.24) is 4.57 Å². The van der Waals surface area contributed by atoms with Crippen LogP contribution in [0.15, 0.2) is 138 Å². The molecular weight excluding hydrogens is 516 g/mol. The van der Waals surface area contributed by atoms with Crippen molar-refractivity contribution in [2.75, 3.05) is 4.90 Å². The number of hydrogen-bond donors (Lipinski definition) is 0. The molecule has 10 rings (SSSR count). The minimum atomic E-state index is -0.681. The lowest BCUT2D eigenvalue weighted by Gasteiger charge is -2.50. The van der Waals surface area contributed by atoms with Crippen LogP contribution in [-0.2, 0) is 5.41 Å². The molecule has 6 aromatic carbocycles. The number of para-hydroxylation sites is 6. The van der Waals surface area contributed by atoms with E-state index in [1.54, 1.807) is 0 Å². The third-order valence-electron chi connectivity index (χ3n) is 9.36. The summed E-state index contributed by atoms with van der Waals surface area (Å²) in [5, 5.41) is 2.77. The van der Waals surface area contributed by atoms with E-state index in [1.165, 1.54) is 5.56 Å². The highest BCUT2D eigenvalue weighted by Crippen LogP contribution is 2.65. The fourth-order valence-electron chi connectivity index (χ4n) is 7.86. The van der Waals surface area contributed by atoms with Crippen LogP contribution in [0.25, 0.3) is 27.4 Å². The first-order valence-corrected chi connectivity index (χ1v) is 14.3. The lowest BCUT2D eigenvalue weighted by Crippen LogP contribution is -2.42. The zero-order chi connectivity index (χ0) is 27.6. The van der Waals surface area contributed by atoms with E-state index >= 15 is 0 Å². The van der Waals surface area contributed by atoms with Gasteiger partial charge < -0.3 is 9.64 Å². The molecule has 1 atom stereocenters. The second-order valence-corrected chi connectivity index (χ2v) is 11.2. The van der Waals surface area contributed by atoms with E-state index in [0.717, 1.165) is 72.6 Å². The molecule has 0 radical (unpaired) electrons. The van der Waals surface area contributed by atoms with Gasteiger partial charge >= 0.3 is 0 Å². The summed E-state index contributed by atoms with van der Waals surface area (Å²) in [6.07, 6.45) is 0. The van der Waals surface area contributed by atoms with E-state index in [0.29, 0.717) is 0 Å². The summed E-state index contributed by atoms with van der Waals surface area (Å²) in [4.78, 5) is 16.7. The topological polar surface area (TPSA) is 34.5 Å². The van der Waals surface area contributed by atoms with Gasteiger partial charge in [-0.25, -0.2) is 0 Å². The summed E-state index contributed by atoms with van der Waals surface area (Å²) in [6, 6.07) is 46.2. The predicted octanol–water partition coefficient (Wildman–Crippen LogP) is 8.73. The van der Waals surface area contributed by atoms with E-state index in [2.05, 4.69) is 102 Å². The van der Waals surface area contributed by atoms with E-state index in [4.69, 9.17) is 4.74 Å². The molecule has 4 nitrogen and oxygen atoms in total. The smallest absolute Gasteiger partial charge is 0.263 e. The van der Waals surface area contributed by atoms with Gasteiger partial charge in [0, 0.05) is 10.8 Å². The Morgan fingerprint density at radius 2 is 1.05 bits per heavy atom. The number of aromatic nitrogens is 1. The Labute approximate surface area is 241 Å². The number of hydrogen-bond acceptors (Lipinski definition) is 3. The van der Waals surface area contributed by atoms with Gasteiger partial charge in [0.15, 0.2) is 11.5 Å². The second-order valence-electron chi connectivity index (χ2n) is 11.2. The third-order valence-corrected chi connectivity index (χ3v) is 9.36. The molecule has 0 aliphatic carbocycles. The minimum Gasteiger partial charge on any atom is -0.453 e. The van der Waals surface area contributed by atoms with Crippen molar-refractivity contribution in [3.8, 4) is 17.2 Å². The molecule has 1 aromatic heterocycles. The fourth-order valence-corrected chi connectivity index (χ4v) is 7.86. The molecule has 4 heterocycles. The summed E-state index contributed by atoms with van der Waals surface area (Å²) in [6.45, 7) is 0. The monoisotopic (exact) mass is 538 g/mol. The van der Waals surface area contributed by atoms with Gasteiger partial charge in [0.25, 0.3) is 5.56 Å². The van der Waals surface area contributed by atoms with Gasteiger partial charge in [-0.3, -0.25) is 9.36 Å². The van der Waals surface area contributed by atoms with Crippen molar-refractivity contribution in [1.29, 1.82) is 0 Å². The van der Waals surface area contributed by atoms with Crippen molar-refractivity contribution in [2.45, 2.75) is 5.41 Å². The zero-order valence-corrected chi connectivity index (χ0v) is 22.4. The number of pyridine rings is 1. The first-order valence-electron chi connectivity index (χ1n) is 14.3. The zero-order valence-electron chi connectivity index (χ0n) is 22.4. The SMILES string of the molecule is O=c1c2ccccc2c2cccc3c2n1-c1ccccc1C31c2ccccc2N2c3ccccc3Oc3cccc1c32. The van der Waals surface area contributed by atoms with Gasteiger partial charge in [-0.05, 0) is 64.0 Å². The second kappa shape index (κ2) is 7.56. The average Bonchev–Trinajstić information content (AvgIpc) is 3.05. The molecule has 0 bridgehead atoms. The summed E-state index contributed by atoms with van der Waals surface area (Å²) in [5.41, 5.74) is 8.86. The highest BCUT2D eigenvalue weighted by Gasteiger charge is 2.52. The standard InChI is InChI=1S/C38H22N2O2/c41-37-25-12-2-1-11-23(25)24-13-9-16-28-35(24)40(37)31-19-6-4-15-27(31)38(28)26-14-3-5-18-30(26)39-32-20-7-8-21-33(32)42-34-22-10-17-29(38)36(34)39/h1-22H. The van der Waals surface area contributed by atoms with Gasteiger partial charge in [-0.1, -0.05) is 97.1 Å². The number of rotatable bonds is 0. The number of ether oxygens (including phenoxy) is 1. The first-order chi connectivity index (χ1) is 20.8. The molecule has 0 saturated carbocycles.